The smallest absolute Gasteiger partial charge is 0.241 e. The number of ether oxygens (including phenoxy) is 1. The van der Waals surface area contributed by atoms with Gasteiger partial charge in [0.15, 0.2) is 0 Å². The summed E-state index contributed by atoms with van der Waals surface area (Å²) in [5, 5.41) is 10.4. The lowest BCUT2D eigenvalue weighted by Crippen LogP contribution is -2.51. The average molecular weight is 410 g/mol. The van der Waals surface area contributed by atoms with E-state index in [9.17, 15) is 9.90 Å². The van der Waals surface area contributed by atoms with Crippen molar-refractivity contribution < 1.29 is 14.6 Å². The summed E-state index contributed by atoms with van der Waals surface area (Å²) in [5.74, 6) is 1.00. The van der Waals surface area contributed by atoms with Crippen LogP contribution < -0.4 is 9.64 Å². The minimum Gasteiger partial charge on any atom is -0.491 e. The highest BCUT2D eigenvalue weighted by molar-refractivity contribution is 5.96. The first-order chi connectivity index (χ1) is 14.6. The van der Waals surface area contributed by atoms with Crippen LogP contribution in [0.15, 0.2) is 48.5 Å². The van der Waals surface area contributed by atoms with Crippen LogP contribution in [0.1, 0.15) is 11.1 Å². The third-order valence-corrected chi connectivity index (χ3v) is 6.01. The maximum atomic E-state index is 12.8. The Morgan fingerprint density at radius 3 is 2.50 bits per heavy atom. The number of anilines is 1. The van der Waals surface area contributed by atoms with Gasteiger partial charge in [-0.1, -0.05) is 36.4 Å². The molecule has 2 aliphatic heterocycles. The number of aryl methyl sites for hydroxylation is 1. The summed E-state index contributed by atoms with van der Waals surface area (Å²) in [6.07, 6.45) is 0.414. The van der Waals surface area contributed by atoms with Gasteiger partial charge in [0, 0.05) is 45.0 Å². The van der Waals surface area contributed by atoms with Gasteiger partial charge >= 0.3 is 0 Å². The number of rotatable bonds is 7. The Balaban J connectivity index is 1.19. The summed E-state index contributed by atoms with van der Waals surface area (Å²) in [7, 11) is 0. The van der Waals surface area contributed by atoms with Crippen LogP contribution in [-0.4, -0.2) is 79.3 Å². The first kappa shape index (κ1) is 20.8. The highest BCUT2D eigenvalue weighted by Gasteiger charge is 2.27. The van der Waals surface area contributed by atoms with Gasteiger partial charge in [-0.15, -0.1) is 0 Å². The molecule has 1 amide bonds. The number of hydrogen-bond acceptors (Lipinski definition) is 5. The van der Waals surface area contributed by atoms with E-state index < -0.39 is 6.10 Å². The highest BCUT2D eigenvalue weighted by atomic mass is 16.5. The van der Waals surface area contributed by atoms with Crippen molar-refractivity contribution >= 4 is 11.6 Å². The van der Waals surface area contributed by atoms with Gasteiger partial charge < -0.3 is 14.7 Å². The van der Waals surface area contributed by atoms with Crippen molar-refractivity contribution in [3.8, 4) is 5.75 Å². The summed E-state index contributed by atoms with van der Waals surface area (Å²) < 4.78 is 5.76. The number of benzene rings is 2. The Kier molecular flexibility index (Phi) is 6.67. The lowest BCUT2D eigenvalue weighted by Gasteiger charge is -2.35. The maximum absolute atomic E-state index is 12.8. The zero-order valence-corrected chi connectivity index (χ0v) is 17.7. The molecule has 0 aliphatic carbocycles. The molecule has 1 fully saturated rings. The van der Waals surface area contributed by atoms with Crippen LogP contribution in [0.3, 0.4) is 0 Å². The van der Waals surface area contributed by atoms with Gasteiger partial charge in [0.25, 0.3) is 0 Å². The van der Waals surface area contributed by atoms with Gasteiger partial charge in [-0.3, -0.25) is 14.6 Å². The second kappa shape index (κ2) is 9.60. The molecule has 30 heavy (non-hydrogen) atoms. The summed E-state index contributed by atoms with van der Waals surface area (Å²) in [5.41, 5.74) is 3.40. The third kappa shape index (κ3) is 5.01. The number of para-hydroxylation sites is 2. The Morgan fingerprint density at radius 1 is 1.00 bits per heavy atom. The molecule has 4 rings (SSSR count). The quantitative estimate of drug-likeness (QED) is 0.758. The molecule has 6 heteroatoms. The number of piperazine rings is 1. The van der Waals surface area contributed by atoms with Crippen molar-refractivity contribution in [2.75, 3.05) is 57.3 Å². The molecule has 0 spiro atoms. The number of β-amino-alcohol motifs (C(OH)–C–C–N with tert-alkyl or cyclic N) is 1. The van der Waals surface area contributed by atoms with Crippen LogP contribution in [0.4, 0.5) is 5.69 Å². The number of aliphatic hydroxyl groups is 1. The number of amides is 1. The molecule has 1 saturated heterocycles. The standard InChI is InChI=1S/C24H31N3O3/c1-19-6-2-5-9-23(19)30-18-21(28)16-25-12-14-26(15-13-25)17-24(29)27-11-10-20-7-3-4-8-22(20)27/h2-9,21,28H,10-18H2,1H3. The Bertz CT molecular complexity index is 864. The summed E-state index contributed by atoms with van der Waals surface area (Å²) in [6.45, 7) is 7.51. The van der Waals surface area contributed by atoms with E-state index in [0.29, 0.717) is 13.1 Å². The maximum Gasteiger partial charge on any atom is 0.241 e. The van der Waals surface area contributed by atoms with Crippen molar-refractivity contribution in [2.45, 2.75) is 19.4 Å². The SMILES string of the molecule is Cc1ccccc1OCC(O)CN1CCN(CC(=O)N2CCc3ccccc32)CC1. The number of aliphatic hydroxyl groups excluding tert-OH is 1. The predicted molar refractivity (Wildman–Crippen MR) is 118 cm³/mol. The van der Waals surface area contributed by atoms with E-state index in [1.807, 2.05) is 54.3 Å². The monoisotopic (exact) mass is 409 g/mol. The second-order valence-electron chi connectivity index (χ2n) is 8.23. The van der Waals surface area contributed by atoms with E-state index >= 15 is 0 Å². The number of carbonyl (C=O) groups is 1. The summed E-state index contributed by atoms with van der Waals surface area (Å²) in [6, 6.07) is 16.0. The van der Waals surface area contributed by atoms with Crippen molar-refractivity contribution in [3.63, 3.8) is 0 Å². The fraction of sp³-hybridized carbons (Fsp3) is 0.458. The van der Waals surface area contributed by atoms with Crippen LogP contribution in [0.2, 0.25) is 0 Å². The van der Waals surface area contributed by atoms with Gasteiger partial charge in [-0.2, -0.15) is 0 Å². The van der Waals surface area contributed by atoms with Crippen molar-refractivity contribution in [1.82, 2.24) is 9.80 Å². The molecule has 160 valence electrons. The van der Waals surface area contributed by atoms with Crippen LogP contribution in [0, 0.1) is 6.92 Å². The number of fused-ring (bicyclic) bond motifs is 1. The molecule has 2 aromatic rings. The Hall–Kier alpha value is -2.41. The zero-order chi connectivity index (χ0) is 20.9. The minimum absolute atomic E-state index is 0.181. The molecule has 2 heterocycles. The van der Waals surface area contributed by atoms with Gasteiger partial charge in [-0.05, 0) is 36.6 Å². The molecule has 2 aromatic carbocycles. The predicted octanol–water partition coefficient (Wildman–Crippen LogP) is 1.94. The minimum atomic E-state index is -0.529. The lowest BCUT2D eigenvalue weighted by molar-refractivity contribution is -0.120. The fourth-order valence-electron chi connectivity index (χ4n) is 4.26. The van der Waals surface area contributed by atoms with Gasteiger partial charge in [0.1, 0.15) is 18.5 Å². The van der Waals surface area contributed by atoms with Gasteiger partial charge in [-0.25, -0.2) is 0 Å². The number of carbonyl (C=O) groups excluding carboxylic acids is 1. The number of hydrogen-bond donors (Lipinski definition) is 1. The van der Waals surface area contributed by atoms with Crippen molar-refractivity contribution in [3.05, 3.63) is 59.7 Å². The normalized spacial score (nSPS) is 18.3. The summed E-state index contributed by atoms with van der Waals surface area (Å²) in [4.78, 5) is 19.2. The van der Waals surface area contributed by atoms with E-state index in [1.54, 1.807) is 0 Å². The van der Waals surface area contributed by atoms with E-state index in [1.165, 1.54) is 5.56 Å². The first-order valence-electron chi connectivity index (χ1n) is 10.8. The fourth-order valence-corrected chi connectivity index (χ4v) is 4.26. The number of nitrogens with zero attached hydrogens (tertiary/aromatic N) is 3. The van der Waals surface area contributed by atoms with Gasteiger partial charge in [0.05, 0.1) is 6.54 Å². The molecule has 1 atom stereocenters. The second-order valence-corrected chi connectivity index (χ2v) is 8.23. The van der Waals surface area contributed by atoms with Crippen LogP contribution >= 0.6 is 0 Å². The Morgan fingerprint density at radius 2 is 1.70 bits per heavy atom. The van der Waals surface area contributed by atoms with Crippen molar-refractivity contribution in [2.24, 2.45) is 0 Å². The molecule has 1 N–H and O–H groups in total. The molecule has 0 radical (unpaired) electrons. The molecule has 0 saturated carbocycles. The molecule has 0 aromatic heterocycles. The van der Waals surface area contributed by atoms with E-state index in [4.69, 9.17) is 4.74 Å². The third-order valence-electron chi connectivity index (χ3n) is 6.01. The van der Waals surface area contributed by atoms with Crippen LogP contribution in [0.25, 0.3) is 0 Å². The van der Waals surface area contributed by atoms with E-state index in [0.717, 1.165) is 56.1 Å². The first-order valence-corrected chi connectivity index (χ1v) is 10.8. The Labute approximate surface area is 178 Å². The average Bonchev–Trinajstić information content (AvgIpc) is 3.19. The molecule has 0 bridgehead atoms. The highest BCUT2D eigenvalue weighted by Crippen LogP contribution is 2.27. The topological polar surface area (TPSA) is 56.3 Å². The molecular formula is C24H31N3O3. The molecule has 2 aliphatic rings. The molecular weight excluding hydrogens is 378 g/mol. The molecule has 1 unspecified atom stereocenters. The van der Waals surface area contributed by atoms with Gasteiger partial charge in [0.2, 0.25) is 5.91 Å². The van der Waals surface area contributed by atoms with Crippen LogP contribution in [0.5, 0.6) is 5.75 Å². The zero-order valence-electron chi connectivity index (χ0n) is 17.7. The van der Waals surface area contributed by atoms with Crippen LogP contribution in [-0.2, 0) is 11.2 Å². The largest absolute Gasteiger partial charge is 0.491 e. The van der Waals surface area contributed by atoms with E-state index in [2.05, 4.69) is 15.9 Å². The van der Waals surface area contributed by atoms with E-state index in [-0.39, 0.29) is 12.5 Å². The molecule has 6 nitrogen and oxygen atoms in total. The van der Waals surface area contributed by atoms with Crippen molar-refractivity contribution in [1.29, 1.82) is 0 Å². The lowest BCUT2D eigenvalue weighted by atomic mass is 10.2. The summed E-state index contributed by atoms with van der Waals surface area (Å²) >= 11 is 0.